The normalized spacial score (nSPS) is 23.8. The van der Waals surface area contributed by atoms with E-state index < -0.39 is 6.10 Å². The second-order valence-corrected chi connectivity index (χ2v) is 6.47. The largest absolute Gasteiger partial charge is 0.486 e. The molecule has 0 aromatic heterocycles. The minimum atomic E-state index is -0.573. The van der Waals surface area contributed by atoms with Crippen LogP contribution in [0, 0.1) is 0 Å². The Morgan fingerprint density at radius 1 is 1.33 bits per heavy atom. The molecule has 1 saturated heterocycles. The molecule has 0 aliphatic carbocycles. The second-order valence-electron chi connectivity index (χ2n) is 5.56. The third kappa shape index (κ3) is 3.88. The van der Waals surface area contributed by atoms with Crippen LogP contribution < -0.4 is 20.1 Å². The zero-order valence-electron chi connectivity index (χ0n) is 11.8. The molecule has 3 rings (SSSR count). The lowest BCUT2D eigenvalue weighted by atomic mass is 10.1. The van der Waals surface area contributed by atoms with Gasteiger partial charge in [-0.05, 0) is 44.1 Å². The van der Waals surface area contributed by atoms with Gasteiger partial charge in [-0.1, -0.05) is 15.9 Å². The Hall–Kier alpha value is -0.820. The summed E-state index contributed by atoms with van der Waals surface area (Å²) >= 11 is 3.40. The van der Waals surface area contributed by atoms with Crippen molar-refractivity contribution in [1.82, 2.24) is 10.6 Å². The number of nitrogens with one attached hydrogen (secondary N) is 2. The molecular weight excluding hydrogens is 336 g/mol. The van der Waals surface area contributed by atoms with Crippen molar-refractivity contribution >= 4 is 15.9 Å². The monoisotopic (exact) mass is 356 g/mol. The summed E-state index contributed by atoms with van der Waals surface area (Å²) in [4.78, 5) is 0. The summed E-state index contributed by atoms with van der Waals surface area (Å²) in [5.41, 5.74) is 0. The van der Waals surface area contributed by atoms with Crippen molar-refractivity contribution in [3.05, 3.63) is 22.7 Å². The third-order valence-electron chi connectivity index (χ3n) is 3.97. The van der Waals surface area contributed by atoms with E-state index in [0.717, 1.165) is 36.2 Å². The fourth-order valence-electron chi connectivity index (χ4n) is 2.70. The lowest BCUT2D eigenvalue weighted by Crippen LogP contribution is -2.48. The van der Waals surface area contributed by atoms with Crippen LogP contribution >= 0.6 is 15.9 Å². The SMILES string of the molecule is OC(CNC1CCNCC1)C1COc2cc(Br)ccc2O1. The van der Waals surface area contributed by atoms with Crippen molar-refractivity contribution in [3.8, 4) is 11.5 Å². The topological polar surface area (TPSA) is 62.8 Å². The molecule has 5 nitrogen and oxygen atoms in total. The molecule has 0 radical (unpaired) electrons. The molecule has 6 heteroatoms. The van der Waals surface area contributed by atoms with Crippen LogP contribution in [0.4, 0.5) is 0 Å². The molecule has 1 aromatic carbocycles. The number of fused-ring (bicyclic) bond motifs is 1. The smallest absolute Gasteiger partial charge is 0.162 e. The van der Waals surface area contributed by atoms with Crippen LogP contribution in [0.3, 0.4) is 0 Å². The molecule has 1 aromatic rings. The van der Waals surface area contributed by atoms with E-state index in [9.17, 15) is 5.11 Å². The summed E-state index contributed by atoms with van der Waals surface area (Å²) in [6.07, 6.45) is 1.31. The van der Waals surface area contributed by atoms with Crippen LogP contribution in [0.25, 0.3) is 0 Å². The highest BCUT2D eigenvalue weighted by Gasteiger charge is 2.28. The molecule has 1 fully saturated rings. The Morgan fingerprint density at radius 3 is 2.95 bits per heavy atom. The van der Waals surface area contributed by atoms with Gasteiger partial charge in [-0.25, -0.2) is 0 Å². The molecule has 2 unspecified atom stereocenters. The molecule has 2 atom stereocenters. The van der Waals surface area contributed by atoms with E-state index in [0.29, 0.717) is 24.9 Å². The first kappa shape index (κ1) is 15.1. The molecular formula is C15H21BrN2O3. The van der Waals surface area contributed by atoms with E-state index in [1.807, 2.05) is 18.2 Å². The average molecular weight is 357 g/mol. The molecule has 21 heavy (non-hydrogen) atoms. The van der Waals surface area contributed by atoms with Gasteiger partial charge in [0.2, 0.25) is 0 Å². The third-order valence-corrected chi connectivity index (χ3v) is 4.46. The Balaban J connectivity index is 1.51. The number of benzene rings is 1. The van der Waals surface area contributed by atoms with Crippen LogP contribution in [0.2, 0.25) is 0 Å². The quantitative estimate of drug-likeness (QED) is 0.758. The molecule has 3 N–H and O–H groups in total. The number of halogens is 1. The number of piperidine rings is 1. The molecule has 2 aliphatic rings. The Labute approximate surface area is 133 Å². The Kier molecular flexibility index (Phi) is 5.00. The average Bonchev–Trinajstić information content (AvgIpc) is 2.53. The predicted octanol–water partition coefficient (Wildman–Crippen LogP) is 1.29. The number of aliphatic hydroxyl groups excluding tert-OH is 1. The molecule has 0 amide bonds. The summed E-state index contributed by atoms with van der Waals surface area (Å²) in [7, 11) is 0. The highest BCUT2D eigenvalue weighted by molar-refractivity contribution is 9.10. The highest BCUT2D eigenvalue weighted by atomic mass is 79.9. The van der Waals surface area contributed by atoms with E-state index in [1.54, 1.807) is 0 Å². The first-order valence-corrected chi connectivity index (χ1v) is 8.23. The minimum Gasteiger partial charge on any atom is -0.486 e. The molecule has 2 heterocycles. The van der Waals surface area contributed by atoms with Gasteiger partial charge < -0.3 is 25.2 Å². The van der Waals surface area contributed by atoms with Gasteiger partial charge in [0.25, 0.3) is 0 Å². The Morgan fingerprint density at radius 2 is 2.14 bits per heavy atom. The first-order chi connectivity index (χ1) is 10.2. The number of ether oxygens (including phenoxy) is 2. The minimum absolute atomic E-state index is 0.326. The van der Waals surface area contributed by atoms with Crippen molar-refractivity contribution in [2.75, 3.05) is 26.2 Å². The number of hydrogen-bond donors (Lipinski definition) is 3. The van der Waals surface area contributed by atoms with E-state index >= 15 is 0 Å². The lowest BCUT2D eigenvalue weighted by Gasteiger charge is -2.31. The fourth-order valence-corrected chi connectivity index (χ4v) is 3.04. The van der Waals surface area contributed by atoms with Crippen LogP contribution in [-0.2, 0) is 0 Å². The summed E-state index contributed by atoms with van der Waals surface area (Å²) in [6.45, 7) is 2.99. The van der Waals surface area contributed by atoms with Crippen molar-refractivity contribution in [2.45, 2.75) is 31.1 Å². The maximum absolute atomic E-state index is 10.3. The van der Waals surface area contributed by atoms with Gasteiger partial charge in [-0.3, -0.25) is 0 Å². The lowest BCUT2D eigenvalue weighted by molar-refractivity contribution is -0.0105. The van der Waals surface area contributed by atoms with E-state index in [2.05, 4.69) is 26.6 Å². The van der Waals surface area contributed by atoms with Crippen LogP contribution in [-0.4, -0.2) is 49.6 Å². The molecule has 116 valence electrons. The summed E-state index contributed by atoms with van der Waals surface area (Å²) in [5, 5.41) is 17.0. The standard InChI is InChI=1S/C15H21BrN2O3/c16-10-1-2-13-14(7-10)20-9-15(21-13)12(19)8-18-11-3-5-17-6-4-11/h1-2,7,11-12,15,17-19H,3-6,8-9H2. The zero-order valence-corrected chi connectivity index (χ0v) is 13.4. The van der Waals surface area contributed by atoms with Crippen LogP contribution in [0.1, 0.15) is 12.8 Å². The van der Waals surface area contributed by atoms with Crippen molar-refractivity contribution in [1.29, 1.82) is 0 Å². The van der Waals surface area contributed by atoms with Gasteiger partial charge in [0.1, 0.15) is 12.7 Å². The van der Waals surface area contributed by atoms with Crippen molar-refractivity contribution < 1.29 is 14.6 Å². The van der Waals surface area contributed by atoms with Gasteiger partial charge in [0, 0.05) is 17.1 Å². The molecule has 0 spiro atoms. The number of hydrogen-bond acceptors (Lipinski definition) is 5. The number of rotatable bonds is 4. The van der Waals surface area contributed by atoms with Crippen molar-refractivity contribution in [2.24, 2.45) is 0 Å². The molecule has 0 saturated carbocycles. The van der Waals surface area contributed by atoms with Crippen LogP contribution in [0.5, 0.6) is 11.5 Å². The van der Waals surface area contributed by atoms with E-state index in [4.69, 9.17) is 9.47 Å². The van der Waals surface area contributed by atoms with Gasteiger partial charge in [-0.15, -0.1) is 0 Å². The van der Waals surface area contributed by atoms with E-state index in [1.165, 1.54) is 0 Å². The van der Waals surface area contributed by atoms with Gasteiger partial charge >= 0.3 is 0 Å². The maximum Gasteiger partial charge on any atom is 0.162 e. The summed E-state index contributed by atoms with van der Waals surface area (Å²) < 4.78 is 12.5. The van der Waals surface area contributed by atoms with Gasteiger partial charge in [0.15, 0.2) is 17.6 Å². The summed E-state index contributed by atoms with van der Waals surface area (Å²) in [5.74, 6) is 1.41. The molecule has 0 bridgehead atoms. The van der Waals surface area contributed by atoms with Gasteiger partial charge in [0.05, 0.1) is 0 Å². The summed E-state index contributed by atoms with van der Waals surface area (Å²) in [6, 6.07) is 6.13. The van der Waals surface area contributed by atoms with Crippen LogP contribution in [0.15, 0.2) is 22.7 Å². The second kappa shape index (κ2) is 6.96. The fraction of sp³-hybridized carbons (Fsp3) is 0.600. The zero-order chi connectivity index (χ0) is 14.7. The number of aliphatic hydroxyl groups is 1. The predicted molar refractivity (Wildman–Crippen MR) is 84.0 cm³/mol. The Bertz CT molecular complexity index is 480. The van der Waals surface area contributed by atoms with Crippen molar-refractivity contribution in [3.63, 3.8) is 0 Å². The highest BCUT2D eigenvalue weighted by Crippen LogP contribution is 2.34. The van der Waals surface area contributed by atoms with E-state index in [-0.39, 0.29) is 6.10 Å². The maximum atomic E-state index is 10.3. The van der Waals surface area contributed by atoms with Gasteiger partial charge in [-0.2, -0.15) is 0 Å². The first-order valence-electron chi connectivity index (χ1n) is 7.43. The molecule has 2 aliphatic heterocycles.